The van der Waals surface area contributed by atoms with Crippen LogP contribution in [0.5, 0.6) is 0 Å². The van der Waals surface area contributed by atoms with Crippen molar-refractivity contribution in [3.05, 3.63) is 0 Å². The molecule has 0 spiro atoms. The molecule has 1 unspecified atom stereocenters. The third-order valence-corrected chi connectivity index (χ3v) is 4.97. The minimum Gasteiger partial charge on any atom is -0.375 e. The maximum Gasteiger partial charge on any atom is 0.0608 e. The van der Waals surface area contributed by atoms with E-state index in [1.165, 1.54) is 58.0 Å². The average Bonchev–Trinajstić information content (AvgIpc) is 2.33. The van der Waals surface area contributed by atoms with Gasteiger partial charge in [-0.3, -0.25) is 4.90 Å². The number of likely N-dealkylation sites (tertiary alicyclic amines) is 1. The number of ether oxygens (including phenoxy) is 1. The molecule has 0 N–H and O–H groups in total. The molecule has 112 valence electrons. The van der Waals surface area contributed by atoms with Gasteiger partial charge >= 0.3 is 0 Å². The number of piperidine rings is 1. The van der Waals surface area contributed by atoms with Gasteiger partial charge in [-0.15, -0.1) is 0 Å². The van der Waals surface area contributed by atoms with E-state index in [4.69, 9.17) is 4.74 Å². The van der Waals surface area contributed by atoms with Crippen molar-refractivity contribution < 1.29 is 4.74 Å². The van der Waals surface area contributed by atoms with Gasteiger partial charge in [0.15, 0.2) is 0 Å². The molecule has 0 radical (unpaired) electrons. The van der Waals surface area contributed by atoms with Gasteiger partial charge in [-0.25, -0.2) is 0 Å². The molecule has 2 nitrogen and oxygen atoms in total. The molecule has 1 aliphatic heterocycles. The SMILES string of the molecule is CC(C)OC1CCN(CC2CCCCC2)C(C)(C)C1. The molecule has 1 saturated carbocycles. The molecule has 1 atom stereocenters. The Morgan fingerprint density at radius 3 is 2.37 bits per heavy atom. The molecule has 2 fully saturated rings. The van der Waals surface area contributed by atoms with E-state index >= 15 is 0 Å². The lowest BCUT2D eigenvalue weighted by atomic mass is 9.84. The Kier molecular flexibility index (Phi) is 5.30. The van der Waals surface area contributed by atoms with Crippen molar-refractivity contribution in [1.82, 2.24) is 4.90 Å². The Labute approximate surface area is 119 Å². The van der Waals surface area contributed by atoms with Gasteiger partial charge in [0.2, 0.25) is 0 Å². The van der Waals surface area contributed by atoms with E-state index in [0.717, 1.165) is 5.92 Å². The van der Waals surface area contributed by atoms with Crippen LogP contribution in [0.4, 0.5) is 0 Å². The lowest BCUT2D eigenvalue weighted by Gasteiger charge is -2.47. The normalized spacial score (nSPS) is 29.8. The molecule has 2 heteroatoms. The van der Waals surface area contributed by atoms with E-state index in [1.54, 1.807) is 0 Å². The van der Waals surface area contributed by atoms with Gasteiger partial charge < -0.3 is 4.74 Å². The average molecular weight is 267 g/mol. The number of hydrogen-bond acceptors (Lipinski definition) is 2. The third-order valence-electron chi connectivity index (χ3n) is 4.97. The fourth-order valence-electron chi connectivity index (χ4n) is 3.91. The summed E-state index contributed by atoms with van der Waals surface area (Å²) in [7, 11) is 0. The van der Waals surface area contributed by atoms with Crippen LogP contribution in [0.2, 0.25) is 0 Å². The second-order valence-electron chi connectivity index (χ2n) is 7.56. The number of hydrogen-bond donors (Lipinski definition) is 0. The second kappa shape index (κ2) is 6.58. The molecule has 0 amide bonds. The molecule has 2 rings (SSSR count). The molecule has 0 bridgehead atoms. The van der Waals surface area contributed by atoms with Crippen molar-refractivity contribution in [2.45, 2.75) is 90.4 Å². The minimum atomic E-state index is 0.315. The van der Waals surface area contributed by atoms with Crippen LogP contribution in [-0.2, 0) is 4.74 Å². The van der Waals surface area contributed by atoms with Crippen molar-refractivity contribution in [3.63, 3.8) is 0 Å². The van der Waals surface area contributed by atoms with Crippen LogP contribution in [0.15, 0.2) is 0 Å². The first-order valence-electron chi connectivity index (χ1n) is 8.38. The monoisotopic (exact) mass is 267 g/mol. The zero-order valence-electron chi connectivity index (χ0n) is 13.5. The number of rotatable bonds is 4. The van der Waals surface area contributed by atoms with Gasteiger partial charge in [0, 0.05) is 18.6 Å². The van der Waals surface area contributed by atoms with Gasteiger partial charge in [0.05, 0.1) is 12.2 Å². The Morgan fingerprint density at radius 2 is 1.79 bits per heavy atom. The van der Waals surface area contributed by atoms with Crippen LogP contribution < -0.4 is 0 Å². The van der Waals surface area contributed by atoms with Crippen LogP contribution >= 0.6 is 0 Å². The minimum absolute atomic E-state index is 0.315. The highest BCUT2D eigenvalue weighted by Gasteiger charge is 2.36. The Morgan fingerprint density at radius 1 is 1.11 bits per heavy atom. The molecule has 0 aromatic rings. The molecule has 2 aliphatic rings. The van der Waals surface area contributed by atoms with Crippen molar-refractivity contribution >= 4 is 0 Å². The molecule has 1 aliphatic carbocycles. The van der Waals surface area contributed by atoms with Gasteiger partial charge in [0.1, 0.15) is 0 Å². The Bertz CT molecular complexity index is 268. The summed E-state index contributed by atoms with van der Waals surface area (Å²) in [6, 6.07) is 0. The zero-order valence-corrected chi connectivity index (χ0v) is 13.5. The van der Waals surface area contributed by atoms with Crippen molar-refractivity contribution in [2.75, 3.05) is 13.1 Å². The standard InChI is InChI=1S/C17H33NO/c1-14(2)19-16-10-11-18(17(3,4)12-16)13-15-8-6-5-7-9-15/h14-16H,5-13H2,1-4H3. The fraction of sp³-hybridized carbons (Fsp3) is 1.00. The molecule has 0 aromatic heterocycles. The topological polar surface area (TPSA) is 12.5 Å². The summed E-state index contributed by atoms with van der Waals surface area (Å²) in [4.78, 5) is 2.74. The van der Waals surface area contributed by atoms with Crippen LogP contribution in [-0.4, -0.2) is 35.7 Å². The largest absolute Gasteiger partial charge is 0.375 e. The van der Waals surface area contributed by atoms with E-state index in [2.05, 4.69) is 32.6 Å². The van der Waals surface area contributed by atoms with E-state index in [1.807, 2.05) is 0 Å². The zero-order chi connectivity index (χ0) is 13.9. The quantitative estimate of drug-likeness (QED) is 0.755. The summed E-state index contributed by atoms with van der Waals surface area (Å²) in [6.45, 7) is 11.7. The van der Waals surface area contributed by atoms with E-state index in [9.17, 15) is 0 Å². The van der Waals surface area contributed by atoms with Crippen LogP contribution in [0.25, 0.3) is 0 Å². The van der Waals surface area contributed by atoms with Gasteiger partial charge in [-0.1, -0.05) is 19.3 Å². The Balaban J connectivity index is 1.85. The summed E-state index contributed by atoms with van der Waals surface area (Å²) in [6.07, 6.45) is 10.5. The Hall–Kier alpha value is -0.0800. The van der Waals surface area contributed by atoms with Crippen LogP contribution in [0, 0.1) is 5.92 Å². The first-order chi connectivity index (χ1) is 8.97. The van der Waals surface area contributed by atoms with E-state index in [0.29, 0.717) is 17.7 Å². The summed E-state index contributed by atoms with van der Waals surface area (Å²) in [5.41, 5.74) is 0.315. The van der Waals surface area contributed by atoms with E-state index in [-0.39, 0.29) is 0 Å². The summed E-state index contributed by atoms with van der Waals surface area (Å²) in [5, 5.41) is 0. The van der Waals surface area contributed by atoms with E-state index < -0.39 is 0 Å². The molecule has 0 aromatic carbocycles. The highest BCUT2D eigenvalue weighted by Crippen LogP contribution is 2.33. The van der Waals surface area contributed by atoms with Crippen molar-refractivity contribution in [1.29, 1.82) is 0 Å². The van der Waals surface area contributed by atoms with Gasteiger partial charge in [0.25, 0.3) is 0 Å². The molecular formula is C17H33NO. The highest BCUT2D eigenvalue weighted by molar-refractivity contribution is 4.91. The lowest BCUT2D eigenvalue weighted by molar-refractivity contribution is -0.0708. The summed E-state index contributed by atoms with van der Waals surface area (Å²) >= 11 is 0. The molecule has 1 heterocycles. The summed E-state index contributed by atoms with van der Waals surface area (Å²) in [5.74, 6) is 0.954. The first kappa shape index (κ1) is 15.3. The number of nitrogens with zero attached hydrogens (tertiary/aromatic N) is 1. The smallest absolute Gasteiger partial charge is 0.0608 e. The van der Waals surface area contributed by atoms with Gasteiger partial charge in [-0.2, -0.15) is 0 Å². The van der Waals surface area contributed by atoms with Crippen molar-refractivity contribution in [2.24, 2.45) is 5.92 Å². The predicted molar refractivity (Wildman–Crippen MR) is 81.5 cm³/mol. The lowest BCUT2D eigenvalue weighted by Crippen LogP contribution is -2.53. The summed E-state index contributed by atoms with van der Waals surface area (Å²) < 4.78 is 6.04. The van der Waals surface area contributed by atoms with Gasteiger partial charge in [-0.05, 0) is 59.3 Å². The molecule has 1 saturated heterocycles. The van der Waals surface area contributed by atoms with Crippen molar-refractivity contribution in [3.8, 4) is 0 Å². The fourth-order valence-corrected chi connectivity index (χ4v) is 3.91. The second-order valence-corrected chi connectivity index (χ2v) is 7.56. The molecule has 19 heavy (non-hydrogen) atoms. The maximum absolute atomic E-state index is 6.04. The highest BCUT2D eigenvalue weighted by atomic mass is 16.5. The first-order valence-corrected chi connectivity index (χ1v) is 8.38. The van der Waals surface area contributed by atoms with Crippen LogP contribution in [0.1, 0.15) is 72.6 Å². The maximum atomic E-state index is 6.04. The predicted octanol–water partition coefficient (Wildman–Crippen LogP) is 4.23. The van der Waals surface area contributed by atoms with Crippen LogP contribution in [0.3, 0.4) is 0 Å². The third kappa shape index (κ3) is 4.46. The molecular weight excluding hydrogens is 234 g/mol.